The standard InChI is InChI=1S/C18H25N5O4S2/c1-13-10-15(5-6-16(13)27-2)29(25,26)23-8-3-4-14(11-23)17(24)19-7-9-28-18-20-12-21-22-18/h5-6,10,12,14H,3-4,7-9,11H2,1-2H3,(H,19,24)(H,20,21,22). The smallest absolute Gasteiger partial charge is 0.243 e. The van der Waals surface area contributed by atoms with Gasteiger partial charge >= 0.3 is 0 Å². The third-order valence-electron chi connectivity index (χ3n) is 4.79. The quantitative estimate of drug-likeness (QED) is 0.472. The third kappa shape index (κ3) is 5.28. The number of rotatable bonds is 8. The number of H-pyrrole nitrogens is 1. The molecule has 1 aliphatic rings. The summed E-state index contributed by atoms with van der Waals surface area (Å²) in [6.45, 7) is 2.89. The van der Waals surface area contributed by atoms with Crippen LogP contribution in [0.5, 0.6) is 5.75 Å². The number of thioether (sulfide) groups is 1. The second-order valence-corrected chi connectivity index (χ2v) is 9.79. The van der Waals surface area contributed by atoms with Crippen LogP contribution in [0, 0.1) is 12.8 Å². The van der Waals surface area contributed by atoms with E-state index in [0.717, 1.165) is 5.56 Å². The minimum Gasteiger partial charge on any atom is -0.496 e. The van der Waals surface area contributed by atoms with Gasteiger partial charge in [-0.1, -0.05) is 11.8 Å². The van der Waals surface area contributed by atoms with Crippen molar-refractivity contribution in [2.75, 3.05) is 32.5 Å². The van der Waals surface area contributed by atoms with Gasteiger partial charge in [-0.25, -0.2) is 13.4 Å². The van der Waals surface area contributed by atoms with Gasteiger partial charge in [0.25, 0.3) is 0 Å². The summed E-state index contributed by atoms with van der Waals surface area (Å²) in [6, 6.07) is 4.81. The number of piperidine rings is 1. The first-order chi connectivity index (χ1) is 13.9. The Kier molecular flexibility index (Phi) is 7.14. The predicted octanol–water partition coefficient (Wildman–Crippen LogP) is 1.43. The number of nitrogens with zero attached hydrogens (tertiary/aromatic N) is 3. The lowest BCUT2D eigenvalue weighted by atomic mass is 9.99. The molecule has 0 aliphatic carbocycles. The summed E-state index contributed by atoms with van der Waals surface area (Å²) in [5.74, 6) is 0.825. The Hall–Kier alpha value is -2.11. The fraction of sp³-hybridized carbons (Fsp3) is 0.500. The van der Waals surface area contributed by atoms with Crippen molar-refractivity contribution in [3.05, 3.63) is 30.1 Å². The molecule has 9 nitrogen and oxygen atoms in total. The Morgan fingerprint density at radius 1 is 1.45 bits per heavy atom. The molecular formula is C18H25N5O4S2. The lowest BCUT2D eigenvalue weighted by Gasteiger charge is -2.31. The van der Waals surface area contributed by atoms with Gasteiger partial charge in [-0.15, -0.1) is 0 Å². The Morgan fingerprint density at radius 2 is 2.28 bits per heavy atom. The van der Waals surface area contributed by atoms with Gasteiger partial charge in [0.2, 0.25) is 15.9 Å². The second kappa shape index (κ2) is 9.59. The molecule has 1 aromatic carbocycles. The van der Waals surface area contributed by atoms with E-state index in [2.05, 4.69) is 20.5 Å². The van der Waals surface area contributed by atoms with Gasteiger partial charge in [0.05, 0.1) is 17.9 Å². The van der Waals surface area contributed by atoms with Crippen LogP contribution in [0.4, 0.5) is 0 Å². The Labute approximate surface area is 174 Å². The molecule has 1 unspecified atom stereocenters. The summed E-state index contributed by atoms with van der Waals surface area (Å²) in [5, 5.41) is 10.1. The van der Waals surface area contributed by atoms with Gasteiger partial charge in [0, 0.05) is 25.4 Å². The number of hydrogen-bond donors (Lipinski definition) is 2. The number of ether oxygens (including phenoxy) is 1. The molecule has 1 amide bonds. The van der Waals surface area contributed by atoms with Gasteiger partial charge in [-0.2, -0.15) is 9.40 Å². The number of aryl methyl sites for hydroxylation is 1. The van der Waals surface area contributed by atoms with Crippen LogP contribution < -0.4 is 10.1 Å². The van der Waals surface area contributed by atoms with Crippen LogP contribution in [0.2, 0.25) is 0 Å². The van der Waals surface area contributed by atoms with Crippen LogP contribution in [0.3, 0.4) is 0 Å². The zero-order chi connectivity index (χ0) is 20.9. The molecule has 11 heteroatoms. The number of nitrogens with one attached hydrogen (secondary N) is 2. The highest BCUT2D eigenvalue weighted by atomic mass is 32.2. The highest BCUT2D eigenvalue weighted by Gasteiger charge is 2.33. The van der Waals surface area contributed by atoms with Crippen LogP contribution >= 0.6 is 11.8 Å². The zero-order valence-electron chi connectivity index (χ0n) is 16.4. The molecule has 2 heterocycles. The molecule has 0 bridgehead atoms. The fourth-order valence-electron chi connectivity index (χ4n) is 3.27. The van der Waals surface area contributed by atoms with Crippen LogP contribution in [0.25, 0.3) is 0 Å². The van der Waals surface area contributed by atoms with Crippen molar-refractivity contribution in [2.45, 2.75) is 29.8 Å². The minimum atomic E-state index is -3.66. The van der Waals surface area contributed by atoms with E-state index < -0.39 is 10.0 Å². The Balaban J connectivity index is 1.57. The first kappa shape index (κ1) is 21.6. The maximum atomic E-state index is 13.0. The summed E-state index contributed by atoms with van der Waals surface area (Å²) in [6.07, 6.45) is 2.76. The molecule has 1 fully saturated rings. The van der Waals surface area contributed by atoms with Crippen molar-refractivity contribution < 1.29 is 17.9 Å². The second-order valence-electron chi connectivity index (χ2n) is 6.76. The molecule has 0 radical (unpaired) electrons. The van der Waals surface area contributed by atoms with Crippen LogP contribution in [-0.2, 0) is 14.8 Å². The molecule has 3 rings (SSSR count). The van der Waals surface area contributed by atoms with Gasteiger partial charge in [-0.3, -0.25) is 9.89 Å². The number of amides is 1. The SMILES string of the molecule is COc1ccc(S(=O)(=O)N2CCCC(C(=O)NCCSc3ncn[nH]3)C2)cc1C. The van der Waals surface area contributed by atoms with Gasteiger partial charge in [-0.05, 0) is 43.5 Å². The normalized spacial score (nSPS) is 17.8. The molecule has 1 atom stereocenters. The number of benzene rings is 1. The number of hydrogen-bond acceptors (Lipinski definition) is 7. The summed E-state index contributed by atoms with van der Waals surface area (Å²) in [5.41, 5.74) is 0.754. The molecule has 2 N–H and O–H groups in total. The van der Waals surface area contributed by atoms with Crippen molar-refractivity contribution in [2.24, 2.45) is 5.92 Å². The first-order valence-electron chi connectivity index (χ1n) is 9.32. The predicted molar refractivity (Wildman–Crippen MR) is 109 cm³/mol. The Morgan fingerprint density at radius 3 is 2.97 bits per heavy atom. The summed E-state index contributed by atoms with van der Waals surface area (Å²) >= 11 is 1.46. The largest absolute Gasteiger partial charge is 0.496 e. The molecule has 0 spiro atoms. The van der Waals surface area contributed by atoms with E-state index in [1.165, 1.54) is 22.4 Å². The third-order valence-corrected chi connectivity index (χ3v) is 7.53. The summed E-state index contributed by atoms with van der Waals surface area (Å²) < 4.78 is 32.7. The first-order valence-corrected chi connectivity index (χ1v) is 11.7. The van der Waals surface area contributed by atoms with E-state index in [1.807, 2.05) is 0 Å². The molecule has 2 aromatic rings. The van der Waals surface area contributed by atoms with E-state index in [-0.39, 0.29) is 23.3 Å². The van der Waals surface area contributed by atoms with E-state index in [4.69, 9.17) is 4.74 Å². The molecular weight excluding hydrogens is 414 g/mol. The lowest BCUT2D eigenvalue weighted by molar-refractivity contribution is -0.125. The fourth-order valence-corrected chi connectivity index (χ4v) is 5.51. The number of aromatic nitrogens is 3. The average Bonchev–Trinajstić information content (AvgIpc) is 3.24. The zero-order valence-corrected chi connectivity index (χ0v) is 18.1. The van der Waals surface area contributed by atoms with Crippen molar-refractivity contribution in [1.82, 2.24) is 24.8 Å². The van der Waals surface area contributed by atoms with E-state index >= 15 is 0 Å². The molecule has 1 saturated heterocycles. The van der Waals surface area contributed by atoms with E-state index in [1.54, 1.807) is 32.2 Å². The van der Waals surface area contributed by atoms with E-state index in [9.17, 15) is 13.2 Å². The maximum absolute atomic E-state index is 13.0. The molecule has 0 saturated carbocycles. The Bertz CT molecular complexity index is 934. The average molecular weight is 440 g/mol. The summed E-state index contributed by atoms with van der Waals surface area (Å²) in [4.78, 5) is 16.7. The molecule has 1 aliphatic heterocycles. The van der Waals surface area contributed by atoms with Crippen molar-refractivity contribution in [1.29, 1.82) is 0 Å². The topological polar surface area (TPSA) is 117 Å². The maximum Gasteiger partial charge on any atom is 0.243 e. The number of carbonyl (C=O) groups is 1. The van der Waals surface area contributed by atoms with Crippen molar-refractivity contribution in [3.63, 3.8) is 0 Å². The number of carbonyl (C=O) groups excluding carboxylic acids is 1. The highest BCUT2D eigenvalue weighted by Crippen LogP contribution is 2.27. The minimum absolute atomic E-state index is 0.117. The van der Waals surface area contributed by atoms with Crippen LogP contribution in [-0.4, -0.2) is 66.3 Å². The number of sulfonamides is 1. The lowest BCUT2D eigenvalue weighted by Crippen LogP contribution is -2.45. The number of aromatic amines is 1. The van der Waals surface area contributed by atoms with E-state index in [0.29, 0.717) is 42.6 Å². The summed E-state index contributed by atoms with van der Waals surface area (Å²) in [7, 11) is -2.11. The number of methoxy groups -OCH3 is 1. The van der Waals surface area contributed by atoms with Gasteiger partial charge in [0.1, 0.15) is 12.1 Å². The van der Waals surface area contributed by atoms with Gasteiger partial charge in [0.15, 0.2) is 5.16 Å². The molecule has 158 valence electrons. The van der Waals surface area contributed by atoms with Crippen LogP contribution in [0.1, 0.15) is 18.4 Å². The molecule has 29 heavy (non-hydrogen) atoms. The van der Waals surface area contributed by atoms with Crippen molar-refractivity contribution in [3.8, 4) is 5.75 Å². The highest BCUT2D eigenvalue weighted by molar-refractivity contribution is 7.99. The monoisotopic (exact) mass is 439 g/mol. The van der Waals surface area contributed by atoms with Crippen LogP contribution in [0.15, 0.2) is 34.6 Å². The van der Waals surface area contributed by atoms with Gasteiger partial charge < -0.3 is 10.1 Å². The van der Waals surface area contributed by atoms with Crippen molar-refractivity contribution >= 4 is 27.7 Å². The molecule has 1 aromatic heterocycles.